The van der Waals surface area contributed by atoms with Gasteiger partial charge in [0.05, 0.1) is 0 Å². The summed E-state index contributed by atoms with van der Waals surface area (Å²) in [4.78, 5) is 72.9. The lowest BCUT2D eigenvalue weighted by Gasteiger charge is -2.16. The van der Waals surface area contributed by atoms with Crippen molar-refractivity contribution in [2.45, 2.75) is 58.0 Å². The zero-order valence-electron chi connectivity index (χ0n) is 26.5. The molecular weight excluding hydrogens is 624 g/mol. The third kappa shape index (κ3) is 13.2. The molecule has 3 atom stereocenters. The van der Waals surface area contributed by atoms with E-state index < -0.39 is 54.1 Å². The SMILES string of the molecule is C[C@H](NC(=O)OCc1ccccc1)C(=O)NCCC(=O)N[C@@H](Cc1ccc(OC(=O)[C@H](C)NC(=O)OCc2ccccc2)cc1)C(=O)O. The van der Waals surface area contributed by atoms with E-state index >= 15 is 0 Å². The molecule has 0 aromatic heterocycles. The van der Waals surface area contributed by atoms with Gasteiger partial charge in [-0.3, -0.25) is 9.59 Å². The van der Waals surface area contributed by atoms with Gasteiger partial charge in [0.1, 0.15) is 37.1 Å². The lowest BCUT2D eigenvalue weighted by Crippen LogP contribution is -2.46. The summed E-state index contributed by atoms with van der Waals surface area (Å²) in [6, 6.07) is 20.8. The molecule has 48 heavy (non-hydrogen) atoms. The Morgan fingerprint density at radius 3 is 1.71 bits per heavy atom. The van der Waals surface area contributed by atoms with E-state index in [1.54, 1.807) is 36.4 Å². The number of carbonyl (C=O) groups excluding carboxylic acids is 5. The summed E-state index contributed by atoms with van der Waals surface area (Å²) in [6.45, 7) is 2.87. The molecular formula is C34H38N4O10. The van der Waals surface area contributed by atoms with E-state index in [1.807, 2.05) is 24.3 Å². The van der Waals surface area contributed by atoms with Crippen molar-refractivity contribution < 1.29 is 48.1 Å². The van der Waals surface area contributed by atoms with Crippen molar-refractivity contribution >= 4 is 35.9 Å². The lowest BCUT2D eigenvalue weighted by molar-refractivity contribution is -0.141. The van der Waals surface area contributed by atoms with Crippen LogP contribution in [0.1, 0.15) is 37.0 Å². The van der Waals surface area contributed by atoms with Crippen molar-refractivity contribution in [3.05, 3.63) is 102 Å². The molecule has 14 nitrogen and oxygen atoms in total. The summed E-state index contributed by atoms with van der Waals surface area (Å²) in [5.74, 6) is -3.01. The Morgan fingerprint density at radius 1 is 0.667 bits per heavy atom. The number of hydrogen-bond acceptors (Lipinski definition) is 9. The summed E-state index contributed by atoms with van der Waals surface area (Å²) in [7, 11) is 0. The minimum atomic E-state index is -1.27. The van der Waals surface area contributed by atoms with Crippen molar-refractivity contribution in [3.8, 4) is 5.75 Å². The van der Waals surface area contributed by atoms with Gasteiger partial charge in [0.25, 0.3) is 0 Å². The molecule has 0 heterocycles. The highest BCUT2D eigenvalue weighted by Gasteiger charge is 2.22. The number of benzene rings is 3. The molecule has 5 N–H and O–H groups in total. The second-order valence-electron chi connectivity index (χ2n) is 10.6. The topological polar surface area (TPSA) is 198 Å². The summed E-state index contributed by atoms with van der Waals surface area (Å²) in [5, 5.41) is 19.3. The molecule has 0 radical (unpaired) electrons. The molecule has 3 aromatic carbocycles. The van der Waals surface area contributed by atoms with Gasteiger partial charge in [0.2, 0.25) is 11.8 Å². The molecule has 0 saturated heterocycles. The number of esters is 1. The monoisotopic (exact) mass is 662 g/mol. The second kappa shape index (κ2) is 18.9. The minimum Gasteiger partial charge on any atom is -0.480 e. The first-order chi connectivity index (χ1) is 23.0. The van der Waals surface area contributed by atoms with Gasteiger partial charge < -0.3 is 40.6 Å². The maximum absolute atomic E-state index is 12.4. The third-order valence-corrected chi connectivity index (χ3v) is 6.71. The first-order valence-corrected chi connectivity index (χ1v) is 15.0. The fourth-order valence-corrected chi connectivity index (χ4v) is 4.06. The van der Waals surface area contributed by atoms with E-state index in [0.29, 0.717) is 5.56 Å². The highest BCUT2D eigenvalue weighted by molar-refractivity contribution is 5.87. The van der Waals surface area contributed by atoms with Gasteiger partial charge in [-0.1, -0.05) is 72.8 Å². The highest BCUT2D eigenvalue weighted by Crippen LogP contribution is 2.15. The maximum atomic E-state index is 12.4. The summed E-state index contributed by atoms with van der Waals surface area (Å²) >= 11 is 0. The summed E-state index contributed by atoms with van der Waals surface area (Å²) in [6.07, 6.45) is -1.84. The molecule has 14 heteroatoms. The molecule has 0 aliphatic heterocycles. The number of alkyl carbamates (subject to hydrolysis) is 2. The summed E-state index contributed by atoms with van der Waals surface area (Å²) in [5.41, 5.74) is 2.11. The lowest BCUT2D eigenvalue weighted by atomic mass is 10.1. The molecule has 3 rings (SSSR count). The predicted molar refractivity (Wildman–Crippen MR) is 171 cm³/mol. The Morgan fingerprint density at radius 2 is 1.19 bits per heavy atom. The van der Waals surface area contributed by atoms with Crippen LogP contribution in [0.15, 0.2) is 84.9 Å². The van der Waals surface area contributed by atoms with Gasteiger partial charge in [-0.25, -0.2) is 19.2 Å². The van der Waals surface area contributed by atoms with Gasteiger partial charge in [-0.05, 0) is 42.7 Å². The van der Waals surface area contributed by atoms with Gasteiger partial charge in [0, 0.05) is 19.4 Å². The van der Waals surface area contributed by atoms with Crippen LogP contribution in [0, 0.1) is 0 Å². The van der Waals surface area contributed by atoms with Crippen LogP contribution in [0.5, 0.6) is 5.75 Å². The average Bonchev–Trinajstić information content (AvgIpc) is 3.07. The smallest absolute Gasteiger partial charge is 0.408 e. The van der Waals surface area contributed by atoms with Crippen LogP contribution >= 0.6 is 0 Å². The number of amides is 4. The number of carboxylic acid groups (broad SMARTS) is 1. The van der Waals surface area contributed by atoms with E-state index in [9.17, 15) is 33.9 Å². The number of nitrogens with one attached hydrogen (secondary N) is 4. The van der Waals surface area contributed by atoms with Crippen molar-refractivity contribution in [3.63, 3.8) is 0 Å². The Hall–Kier alpha value is -5.92. The van der Waals surface area contributed by atoms with Crippen molar-refractivity contribution in [1.82, 2.24) is 21.3 Å². The second-order valence-corrected chi connectivity index (χ2v) is 10.6. The third-order valence-electron chi connectivity index (χ3n) is 6.71. The number of rotatable bonds is 16. The first-order valence-electron chi connectivity index (χ1n) is 15.0. The standard InChI is InChI=1S/C34H38N4O10/c1-22(36-33(44)46-20-25-9-5-3-6-10-25)30(40)35-18-17-29(39)38-28(31(41)42)19-24-13-15-27(16-14-24)48-32(43)23(2)37-34(45)47-21-26-11-7-4-8-12-26/h3-16,22-23,28H,17-21H2,1-2H3,(H,35,40)(H,36,44)(H,37,45)(H,38,39)(H,41,42)/t22-,23-,28-/m0/s1. The molecule has 254 valence electrons. The summed E-state index contributed by atoms with van der Waals surface area (Å²) < 4.78 is 15.5. The number of carboxylic acids is 1. The quantitative estimate of drug-likeness (QED) is 0.112. The fraction of sp³-hybridized carbons (Fsp3) is 0.294. The highest BCUT2D eigenvalue weighted by atomic mass is 16.6. The van der Waals surface area contributed by atoms with Crippen molar-refractivity contribution in [2.24, 2.45) is 0 Å². The Labute approximate surface area is 277 Å². The van der Waals surface area contributed by atoms with Gasteiger partial charge >= 0.3 is 24.1 Å². The normalized spacial score (nSPS) is 12.3. The van der Waals surface area contributed by atoms with Gasteiger partial charge in [0.15, 0.2) is 0 Å². The zero-order valence-corrected chi connectivity index (χ0v) is 26.5. The molecule has 0 spiro atoms. The van der Waals surface area contributed by atoms with Crippen LogP contribution in [0.25, 0.3) is 0 Å². The average molecular weight is 663 g/mol. The maximum Gasteiger partial charge on any atom is 0.408 e. The zero-order chi connectivity index (χ0) is 34.9. The predicted octanol–water partition coefficient (Wildman–Crippen LogP) is 2.84. The molecule has 0 bridgehead atoms. The molecule has 4 amide bonds. The fourth-order valence-electron chi connectivity index (χ4n) is 4.06. The Bertz CT molecular complexity index is 1530. The number of ether oxygens (including phenoxy) is 3. The van der Waals surface area contributed by atoms with E-state index in [4.69, 9.17) is 14.2 Å². The molecule has 0 saturated carbocycles. The molecule has 3 aromatic rings. The van der Waals surface area contributed by atoms with Crippen LogP contribution in [0.3, 0.4) is 0 Å². The number of aliphatic carboxylic acids is 1. The van der Waals surface area contributed by atoms with E-state index in [-0.39, 0.29) is 38.3 Å². The van der Waals surface area contributed by atoms with Crippen molar-refractivity contribution in [1.29, 1.82) is 0 Å². The van der Waals surface area contributed by atoms with E-state index in [1.165, 1.54) is 38.1 Å². The van der Waals surface area contributed by atoms with Gasteiger partial charge in [-0.15, -0.1) is 0 Å². The Balaban J connectivity index is 1.36. The Kier molecular flexibility index (Phi) is 14.4. The molecule has 0 fully saturated rings. The molecule has 0 aliphatic carbocycles. The molecule has 0 unspecified atom stereocenters. The van der Waals surface area contributed by atoms with Gasteiger partial charge in [-0.2, -0.15) is 0 Å². The number of hydrogen-bond donors (Lipinski definition) is 5. The molecule has 0 aliphatic rings. The first kappa shape index (κ1) is 36.5. The van der Waals surface area contributed by atoms with Crippen LogP contribution in [-0.2, 0) is 48.3 Å². The van der Waals surface area contributed by atoms with Crippen LogP contribution in [-0.4, -0.2) is 65.7 Å². The largest absolute Gasteiger partial charge is 0.480 e. The van der Waals surface area contributed by atoms with E-state index in [0.717, 1.165) is 11.1 Å². The van der Waals surface area contributed by atoms with Crippen LogP contribution in [0.4, 0.5) is 9.59 Å². The minimum absolute atomic E-state index is 0.0378. The number of carbonyl (C=O) groups is 6. The van der Waals surface area contributed by atoms with Crippen LogP contribution in [0.2, 0.25) is 0 Å². The van der Waals surface area contributed by atoms with Crippen molar-refractivity contribution in [2.75, 3.05) is 6.54 Å². The van der Waals surface area contributed by atoms with E-state index in [2.05, 4.69) is 21.3 Å². The van der Waals surface area contributed by atoms with Crippen LogP contribution < -0.4 is 26.0 Å².